The Morgan fingerprint density at radius 1 is 1.25 bits per heavy atom. The fraction of sp³-hybridized carbons (Fsp3) is 0.389. The minimum Gasteiger partial charge on any atom is -0.448 e. The molecule has 0 aliphatic carbocycles. The largest absolute Gasteiger partial charge is 0.448 e. The van der Waals surface area contributed by atoms with E-state index < -0.39 is 5.60 Å². The molecule has 0 saturated carbocycles. The summed E-state index contributed by atoms with van der Waals surface area (Å²) in [5.74, 6) is 0.746. The summed E-state index contributed by atoms with van der Waals surface area (Å²) in [6, 6.07) is 11.3. The Bertz CT molecular complexity index is 692. The molecule has 1 aromatic carbocycles. The van der Waals surface area contributed by atoms with Gasteiger partial charge in [-0.2, -0.15) is 0 Å². The molecular formula is C18H23ClN2O3. The van der Waals surface area contributed by atoms with Gasteiger partial charge in [0, 0.05) is 12.7 Å². The van der Waals surface area contributed by atoms with Crippen molar-refractivity contribution >= 4 is 23.4 Å². The highest BCUT2D eigenvalue weighted by Gasteiger charge is 2.20. The molecule has 24 heavy (non-hydrogen) atoms. The molecule has 1 N–H and O–H groups in total. The van der Waals surface area contributed by atoms with Gasteiger partial charge < -0.3 is 19.4 Å². The lowest BCUT2D eigenvalue weighted by molar-refractivity contribution is 0.0285. The van der Waals surface area contributed by atoms with Crippen molar-refractivity contribution in [3.05, 3.63) is 52.9 Å². The van der Waals surface area contributed by atoms with Crippen molar-refractivity contribution in [2.75, 3.05) is 12.4 Å². The molecule has 2 aromatic rings. The average molecular weight is 351 g/mol. The number of nitrogens with one attached hydrogen (secondary N) is 1. The Balaban J connectivity index is 2.01. The lowest BCUT2D eigenvalue weighted by Gasteiger charge is -2.25. The fourth-order valence-corrected chi connectivity index (χ4v) is 2.28. The summed E-state index contributed by atoms with van der Waals surface area (Å²) in [5, 5.41) is 3.67. The highest BCUT2D eigenvalue weighted by Crippen LogP contribution is 2.20. The van der Waals surface area contributed by atoms with Gasteiger partial charge in [-0.1, -0.05) is 18.2 Å². The van der Waals surface area contributed by atoms with Crippen LogP contribution in [-0.2, 0) is 17.8 Å². The Hall–Kier alpha value is -2.14. The summed E-state index contributed by atoms with van der Waals surface area (Å²) in [4.78, 5) is 13.7. The Labute approximate surface area is 147 Å². The number of rotatable bonds is 5. The molecule has 1 aromatic heterocycles. The van der Waals surface area contributed by atoms with Gasteiger partial charge in [-0.25, -0.2) is 4.79 Å². The average Bonchev–Trinajstić information content (AvgIpc) is 2.90. The smallest absolute Gasteiger partial charge is 0.410 e. The van der Waals surface area contributed by atoms with Gasteiger partial charge in [-0.05, 0) is 56.1 Å². The lowest BCUT2D eigenvalue weighted by atomic mass is 10.1. The number of hydrogen-bond acceptors (Lipinski definition) is 4. The van der Waals surface area contributed by atoms with Gasteiger partial charge in [0.2, 0.25) is 0 Å². The molecule has 1 amide bonds. The van der Waals surface area contributed by atoms with E-state index in [0.717, 1.165) is 17.0 Å². The molecule has 1 heterocycles. The van der Waals surface area contributed by atoms with E-state index in [4.69, 9.17) is 20.8 Å². The summed E-state index contributed by atoms with van der Waals surface area (Å²) in [7, 11) is 1.72. The second-order valence-electron chi connectivity index (χ2n) is 6.55. The van der Waals surface area contributed by atoms with Gasteiger partial charge in [0.25, 0.3) is 0 Å². The molecule has 0 bridgehead atoms. The lowest BCUT2D eigenvalue weighted by Crippen LogP contribution is -2.33. The van der Waals surface area contributed by atoms with Crippen LogP contribution in [0.25, 0.3) is 0 Å². The fourth-order valence-electron chi connectivity index (χ4n) is 2.12. The van der Waals surface area contributed by atoms with Crippen molar-refractivity contribution in [1.29, 1.82) is 0 Å². The maximum Gasteiger partial charge on any atom is 0.410 e. The second-order valence-corrected chi connectivity index (χ2v) is 6.93. The second kappa shape index (κ2) is 7.62. The van der Waals surface area contributed by atoms with Gasteiger partial charge in [0.15, 0.2) is 5.22 Å². The highest BCUT2D eigenvalue weighted by atomic mass is 35.5. The minimum absolute atomic E-state index is 0.352. The summed E-state index contributed by atoms with van der Waals surface area (Å²) in [5.41, 5.74) is 1.41. The minimum atomic E-state index is -0.512. The van der Waals surface area contributed by atoms with Crippen LogP contribution in [0.3, 0.4) is 0 Å². The zero-order valence-corrected chi connectivity index (χ0v) is 15.2. The van der Waals surface area contributed by atoms with Crippen LogP contribution in [0.5, 0.6) is 0 Å². The molecule has 0 atom stereocenters. The number of hydrogen-bond donors (Lipinski definition) is 1. The zero-order chi connectivity index (χ0) is 17.7. The number of nitrogens with zero attached hydrogens (tertiary/aromatic N) is 1. The number of halogens is 1. The maximum atomic E-state index is 12.1. The molecule has 0 saturated heterocycles. The number of ether oxygens (including phenoxy) is 1. The number of benzene rings is 1. The quantitative estimate of drug-likeness (QED) is 0.832. The van der Waals surface area contributed by atoms with E-state index in [1.165, 1.54) is 0 Å². The van der Waals surface area contributed by atoms with Crippen LogP contribution in [0.4, 0.5) is 10.5 Å². The highest BCUT2D eigenvalue weighted by molar-refractivity contribution is 6.28. The molecule has 0 aliphatic rings. The van der Waals surface area contributed by atoms with Crippen LogP contribution in [0.1, 0.15) is 32.1 Å². The first-order valence-corrected chi connectivity index (χ1v) is 8.12. The van der Waals surface area contributed by atoms with Crippen LogP contribution in [0.2, 0.25) is 5.22 Å². The van der Waals surface area contributed by atoms with Crippen LogP contribution in [0, 0.1) is 0 Å². The number of para-hydroxylation sites is 1. The van der Waals surface area contributed by atoms with E-state index in [-0.39, 0.29) is 6.09 Å². The number of carbonyl (C=O) groups is 1. The summed E-state index contributed by atoms with van der Waals surface area (Å²) >= 11 is 5.78. The first-order chi connectivity index (χ1) is 11.2. The molecule has 0 radical (unpaired) electrons. The maximum absolute atomic E-state index is 12.1. The van der Waals surface area contributed by atoms with Gasteiger partial charge in [0.1, 0.15) is 11.4 Å². The molecule has 0 unspecified atom stereocenters. The van der Waals surface area contributed by atoms with Crippen molar-refractivity contribution in [3.63, 3.8) is 0 Å². The van der Waals surface area contributed by atoms with Crippen molar-refractivity contribution < 1.29 is 13.9 Å². The van der Waals surface area contributed by atoms with E-state index >= 15 is 0 Å². The van der Waals surface area contributed by atoms with Crippen LogP contribution in [-0.4, -0.2) is 23.6 Å². The normalized spacial score (nSPS) is 11.2. The third-order valence-corrected chi connectivity index (χ3v) is 3.42. The van der Waals surface area contributed by atoms with Crippen molar-refractivity contribution in [3.8, 4) is 0 Å². The summed E-state index contributed by atoms with van der Waals surface area (Å²) in [6.07, 6.45) is -0.352. The van der Waals surface area contributed by atoms with Crippen molar-refractivity contribution in [2.45, 2.75) is 39.5 Å². The van der Waals surface area contributed by atoms with E-state index in [1.807, 2.05) is 51.1 Å². The van der Waals surface area contributed by atoms with E-state index in [2.05, 4.69) is 5.32 Å². The van der Waals surface area contributed by atoms with Gasteiger partial charge in [-0.3, -0.25) is 0 Å². The van der Waals surface area contributed by atoms with Crippen molar-refractivity contribution in [1.82, 2.24) is 4.90 Å². The Kier molecular flexibility index (Phi) is 5.78. The van der Waals surface area contributed by atoms with Gasteiger partial charge in [0.05, 0.1) is 13.1 Å². The van der Waals surface area contributed by atoms with E-state index in [0.29, 0.717) is 18.3 Å². The first-order valence-electron chi connectivity index (χ1n) is 7.75. The number of carbonyl (C=O) groups excluding carboxylic acids is 1. The predicted octanol–water partition coefficient (Wildman–Crippen LogP) is 4.91. The van der Waals surface area contributed by atoms with Gasteiger partial charge in [-0.15, -0.1) is 0 Å². The molecular weight excluding hydrogens is 328 g/mol. The molecule has 2 rings (SSSR count). The SMILES string of the molecule is CN(Cc1ccccc1NCc1ccc(Cl)o1)C(=O)OC(C)(C)C. The number of furan rings is 1. The van der Waals surface area contributed by atoms with Crippen LogP contribution in [0.15, 0.2) is 40.8 Å². The standard InChI is InChI=1S/C18H23ClN2O3/c1-18(2,3)24-17(22)21(4)12-13-7-5-6-8-15(13)20-11-14-9-10-16(19)23-14/h5-10,20H,11-12H2,1-4H3. The molecule has 0 fully saturated rings. The number of amides is 1. The van der Waals surface area contributed by atoms with Crippen LogP contribution < -0.4 is 5.32 Å². The topological polar surface area (TPSA) is 54.7 Å². The van der Waals surface area contributed by atoms with Gasteiger partial charge >= 0.3 is 6.09 Å². The van der Waals surface area contributed by atoms with E-state index in [9.17, 15) is 4.79 Å². The Morgan fingerprint density at radius 3 is 2.58 bits per heavy atom. The third-order valence-electron chi connectivity index (χ3n) is 3.21. The summed E-state index contributed by atoms with van der Waals surface area (Å²) < 4.78 is 10.7. The molecule has 6 heteroatoms. The first kappa shape index (κ1) is 18.2. The Morgan fingerprint density at radius 2 is 1.96 bits per heavy atom. The number of anilines is 1. The van der Waals surface area contributed by atoms with Crippen LogP contribution >= 0.6 is 11.6 Å². The monoisotopic (exact) mass is 350 g/mol. The third kappa shape index (κ3) is 5.49. The molecule has 130 valence electrons. The summed E-state index contributed by atoms with van der Waals surface area (Å²) in [6.45, 7) is 6.51. The van der Waals surface area contributed by atoms with E-state index in [1.54, 1.807) is 18.0 Å². The molecule has 5 nitrogen and oxygen atoms in total. The molecule has 0 spiro atoms. The molecule has 0 aliphatic heterocycles. The van der Waals surface area contributed by atoms with Crippen molar-refractivity contribution in [2.24, 2.45) is 0 Å². The zero-order valence-electron chi connectivity index (χ0n) is 14.4. The predicted molar refractivity (Wildman–Crippen MR) is 95.2 cm³/mol.